The number of amides is 1. The summed E-state index contributed by atoms with van der Waals surface area (Å²) in [6.45, 7) is 0. The highest BCUT2D eigenvalue weighted by Crippen LogP contribution is 2.25. The molecule has 0 saturated carbocycles. The van der Waals surface area contributed by atoms with Crippen LogP contribution in [0.15, 0.2) is 18.2 Å². The van der Waals surface area contributed by atoms with Crippen molar-refractivity contribution in [2.45, 2.75) is 6.04 Å². The van der Waals surface area contributed by atoms with Crippen molar-refractivity contribution in [3.05, 3.63) is 28.8 Å². The molecule has 5 nitrogen and oxygen atoms in total. The zero-order valence-corrected chi connectivity index (χ0v) is 10.9. The summed E-state index contributed by atoms with van der Waals surface area (Å²) in [7, 11) is 0. The maximum absolute atomic E-state index is 12.2. The van der Waals surface area contributed by atoms with Crippen molar-refractivity contribution in [3.8, 4) is 0 Å². The van der Waals surface area contributed by atoms with E-state index in [-0.39, 0.29) is 5.91 Å². The number of thioether (sulfide) groups is 1. The second kappa shape index (κ2) is 5.07. The topological polar surface area (TPSA) is 83.6 Å². The number of nitrogen functional groups attached to an aromatic ring is 1. The Kier molecular flexibility index (Phi) is 3.68. The number of rotatable bonds is 2. The fourth-order valence-electron chi connectivity index (χ4n) is 1.75. The summed E-state index contributed by atoms with van der Waals surface area (Å²) in [6.07, 6.45) is 0. The molecule has 0 spiro atoms. The number of carboxylic acid groups (broad SMARTS) is 1. The Labute approximate surface area is 113 Å². The number of benzene rings is 1. The lowest BCUT2D eigenvalue weighted by molar-refractivity contribution is -0.140. The molecule has 1 fully saturated rings. The van der Waals surface area contributed by atoms with Crippen molar-refractivity contribution in [2.75, 3.05) is 17.4 Å². The van der Waals surface area contributed by atoms with Gasteiger partial charge in [-0.25, -0.2) is 4.79 Å². The molecule has 0 bridgehead atoms. The van der Waals surface area contributed by atoms with E-state index in [9.17, 15) is 9.59 Å². The van der Waals surface area contributed by atoms with E-state index in [2.05, 4.69) is 0 Å². The van der Waals surface area contributed by atoms with Crippen LogP contribution in [0.1, 0.15) is 10.4 Å². The average molecular weight is 287 g/mol. The average Bonchev–Trinajstić information content (AvgIpc) is 2.75. The predicted octanol–water partition coefficient (Wildman–Crippen LogP) is 1.52. The van der Waals surface area contributed by atoms with Crippen LogP contribution in [0.3, 0.4) is 0 Å². The van der Waals surface area contributed by atoms with Crippen LogP contribution < -0.4 is 5.73 Å². The van der Waals surface area contributed by atoms with Crippen LogP contribution in [0.2, 0.25) is 5.02 Å². The van der Waals surface area contributed by atoms with Crippen LogP contribution in [0, 0.1) is 0 Å². The number of halogens is 1. The van der Waals surface area contributed by atoms with Crippen molar-refractivity contribution < 1.29 is 14.7 Å². The third-order valence-electron chi connectivity index (χ3n) is 2.60. The van der Waals surface area contributed by atoms with Gasteiger partial charge in [-0.2, -0.15) is 0 Å². The first kappa shape index (κ1) is 13.0. The number of hydrogen-bond acceptors (Lipinski definition) is 4. The number of hydrogen-bond donors (Lipinski definition) is 2. The van der Waals surface area contributed by atoms with Gasteiger partial charge in [-0.1, -0.05) is 11.6 Å². The van der Waals surface area contributed by atoms with Gasteiger partial charge in [0.05, 0.1) is 5.88 Å². The van der Waals surface area contributed by atoms with E-state index in [4.69, 9.17) is 22.4 Å². The van der Waals surface area contributed by atoms with Gasteiger partial charge in [0, 0.05) is 22.0 Å². The standard InChI is InChI=1S/C11H11ClN2O3S/c12-7-1-6(2-8(13)3-7)10(15)14-5-18-4-9(14)11(16)17/h1-3,9H,4-5,13H2,(H,16,17)/t9-/m0/s1. The molecule has 2 rings (SSSR count). The van der Waals surface area contributed by atoms with Gasteiger partial charge in [0.1, 0.15) is 6.04 Å². The molecule has 1 aromatic rings. The highest BCUT2D eigenvalue weighted by atomic mass is 35.5. The number of aliphatic carboxylic acids is 1. The smallest absolute Gasteiger partial charge is 0.327 e. The predicted molar refractivity (Wildman–Crippen MR) is 70.8 cm³/mol. The van der Waals surface area contributed by atoms with Gasteiger partial charge in [-0.05, 0) is 18.2 Å². The van der Waals surface area contributed by atoms with Crippen LogP contribution >= 0.6 is 23.4 Å². The fraction of sp³-hybridized carbons (Fsp3) is 0.273. The first-order valence-corrected chi connectivity index (χ1v) is 6.70. The summed E-state index contributed by atoms with van der Waals surface area (Å²) < 4.78 is 0. The zero-order valence-electron chi connectivity index (χ0n) is 9.30. The molecule has 0 unspecified atom stereocenters. The summed E-state index contributed by atoms with van der Waals surface area (Å²) in [5.74, 6) is -0.593. The Bertz CT molecular complexity index is 489. The maximum atomic E-state index is 12.2. The molecule has 3 N–H and O–H groups in total. The number of anilines is 1. The Balaban J connectivity index is 2.28. The summed E-state index contributed by atoms with van der Waals surface area (Å²) in [4.78, 5) is 24.5. The molecule has 0 aliphatic carbocycles. The normalized spacial score (nSPS) is 18.9. The van der Waals surface area contributed by atoms with Crippen LogP contribution in [0.25, 0.3) is 0 Å². The quantitative estimate of drug-likeness (QED) is 0.806. The van der Waals surface area contributed by atoms with E-state index in [0.717, 1.165) is 0 Å². The minimum absolute atomic E-state index is 0.314. The van der Waals surface area contributed by atoms with Gasteiger partial charge in [0.15, 0.2) is 0 Å². The SMILES string of the molecule is Nc1cc(Cl)cc(C(=O)N2CSC[C@H]2C(=O)O)c1. The van der Waals surface area contributed by atoms with Crippen molar-refractivity contribution in [3.63, 3.8) is 0 Å². The minimum Gasteiger partial charge on any atom is -0.480 e. The van der Waals surface area contributed by atoms with Gasteiger partial charge in [-0.15, -0.1) is 11.8 Å². The molecule has 1 aliphatic heterocycles. The second-order valence-corrected chi connectivity index (χ2v) is 5.34. The van der Waals surface area contributed by atoms with Crippen LogP contribution in [-0.4, -0.2) is 39.6 Å². The molecule has 1 amide bonds. The Morgan fingerprint density at radius 2 is 2.17 bits per heavy atom. The van der Waals surface area contributed by atoms with Gasteiger partial charge < -0.3 is 15.7 Å². The largest absolute Gasteiger partial charge is 0.480 e. The van der Waals surface area contributed by atoms with Crippen LogP contribution in [0.5, 0.6) is 0 Å². The number of carbonyl (C=O) groups excluding carboxylic acids is 1. The van der Waals surface area contributed by atoms with Crippen molar-refractivity contribution in [1.82, 2.24) is 4.90 Å². The summed E-state index contributed by atoms with van der Waals surface area (Å²) in [5, 5.41) is 9.39. The fourth-order valence-corrected chi connectivity index (χ4v) is 3.14. The molecule has 7 heteroatoms. The van der Waals surface area contributed by atoms with Crippen LogP contribution in [-0.2, 0) is 4.79 Å². The summed E-state index contributed by atoms with van der Waals surface area (Å²) in [5.41, 5.74) is 6.31. The second-order valence-electron chi connectivity index (χ2n) is 3.90. The third-order valence-corrected chi connectivity index (χ3v) is 3.83. The van der Waals surface area contributed by atoms with E-state index < -0.39 is 12.0 Å². The number of carbonyl (C=O) groups is 2. The van der Waals surface area contributed by atoms with E-state index in [1.54, 1.807) is 0 Å². The molecule has 1 heterocycles. The first-order chi connectivity index (χ1) is 8.49. The number of carboxylic acids is 1. The van der Waals surface area contributed by atoms with E-state index in [1.807, 2.05) is 0 Å². The molecule has 0 aromatic heterocycles. The van der Waals surface area contributed by atoms with Gasteiger partial charge in [0.2, 0.25) is 0 Å². The number of nitrogens with zero attached hydrogens (tertiary/aromatic N) is 1. The zero-order chi connectivity index (χ0) is 13.3. The van der Waals surface area contributed by atoms with Gasteiger partial charge in [0.25, 0.3) is 5.91 Å². The molecule has 96 valence electrons. The van der Waals surface area contributed by atoms with Crippen molar-refractivity contribution in [1.29, 1.82) is 0 Å². The van der Waals surface area contributed by atoms with E-state index >= 15 is 0 Å². The van der Waals surface area contributed by atoms with E-state index in [0.29, 0.717) is 27.9 Å². The van der Waals surface area contributed by atoms with E-state index in [1.165, 1.54) is 34.9 Å². The third kappa shape index (κ3) is 2.54. The van der Waals surface area contributed by atoms with Gasteiger partial charge >= 0.3 is 5.97 Å². The molecular formula is C11H11ClN2O3S. The molecule has 1 aliphatic rings. The molecule has 1 atom stereocenters. The molecular weight excluding hydrogens is 276 g/mol. The molecule has 0 radical (unpaired) electrons. The lowest BCUT2D eigenvalue weighted by Crippen LogP contribution is -2.41. The Morgan fingerprint density at radius 3 is 2.78 bits per heavy atom. The molecule has 1 saturated heterocycles. The lowest BCUT2D eigenvalue weighted by Gasteiger charge is -2.20. The highest BCUT2D eigenvalue weighted by molar-refractivity contribution is 7.99. The van der Waals surface area contributed by atoms with Crippen molar-refractivity contribution >= 4 is 40.9 Å². The van der Waals surface area contributed by atoms with Crippen molar-refractivity contribution in [2.24, 2.45) is 0 Å². The molecule has 18 heavy (non-hydrogen) atoms. The maximum Gasteiger partial charge on any atom is 0.327 e. The minimum atomic E-state index is -0.997. The number of nitrogens with two attached hydrogens (primary N) is 1. The Hall–Kier alpha value is -1.40. The first-order valence-electron chi connectivity index (χ1n) is 5.16. The Morgan fingerprint density at radius 1 is 1.44 bits per heavy atom. The monoisotopic (exact) mass is 286 g/mol. The lowest BCUT2D eigenvalue weighted by atomic mass is 10.1. The summed E-state index contributed by atoms with van der Waals surface area (Å²) >= 11 is 7.24. The van der Waals surface area contributed by atoms with Crippen LogP contribution in [0.4, 0.5) is 5.69 Å². The highest BCUT2D eigenvalue weighted by Gasteiger charge is 2.35. The summed E-state index contributed by atoms with van der Waals surface area (Å²) in [6, 6.07) is 3.73. The molecule has 1 aromatic carbocycles. The van der Waals surface area contributed by atoms with Gasteiger partial charge in [-0.3, -0.25) is 4.79 Å².